The maximum absolute atomic E-state index is 6.48. The van der Waals surface area contributed by atoms with Gasteiger partial charge in [-0.25, -0.2) is 0 Å². The quantitative estimate of drug-likeness (QED) is 0.356. The van der Waals surface area contributed by atoms with E-state index in [1.54, 1.807) is 0 Å². The predicted molar refractivity (Wildman–Crippen MR) is 116 cm³/mol. The van der Waals surface area contributed by atoms with E-state index >= 15 is 0 Å². The molecule has 0 saturated carbocycles. The molecule has 0 aromatic heterocycles. The fourth-order valence-electron chi connectivity index (χ4n) is 3.91. The zero-order valence-corrected chi connectivity index (χ0v) is 18.1. The highest BCUT2D eigenvalue weighted by molar-refractivity contribution is 5.57. The third kappa shape index (κ3) is 7.21. The second kappa shape index (κ2) is 13.1. The fraction of sp³-hybridized carbons (Fsp3) is 0.750. The molecule has 2 unspecified atom stereocenters. The molecule has 2 heteroatoms. The van der Waals surface area contributed by atoms with Crippen molar-refractivity contribution in [1.82, 2.24) is 0 Å². The average molecular weight is 362 g/mol. The number of anilines is 1. The lowest BCUT2D eigenvalue weighted by Crippen LogP contribution is -2.13. The lowest BCUT2D eigenvalue weighted by Gasteiger charge is -2.24. The first-order valence-electron chi connectivity index (χ1n) is 11.1. The van der Waals surface area contributed by atoms with Gasteiger partial charge >= 0.3 is 0 Å². The summed E-state index contributed by atoms with van der Waals surface area (Å²) < 4.78 is 6.02. The monoisotopic (exact) mass is 361 g/mol. The van der Waals surface area contributed by atoms with Crippen molar-refractivity contribution in [2.45, 2.75) is 98.8 Å². The summed E-state index contributed by atoms with van der Waals surface area (Å²) in [4.78, 5) is 0. The van der Waals surface area contributed by atoms with Crippen LogP contribution in [0.4, 0.5) is 5.69 Å². The summed E-state index contributed by atoms with van der Waals surface area (Å²) >= 11 is 0. The van der Waals surface area contributed by atoms with Crippen LogP contribution in [0.2, 0.25) is 0 Å². The molecule has 0 fully saturated rings. The Bertz CT molecular complexity index is 497. The molecule has 0 heterocycles. The van der Waals surface area contributed by atoms with E-state index in [-0.39, 0.29) is 0 Å². The van der Waals surface area contributed by atoms with E-state index < -0.39 is 0 Å². The van der Waals surface area contributed by atoms with Gasteiger partial charge in [-0.2, -0.15) is 0 Å². The third-order valence-electron chi connectivity index (χ3n) is 5.80. The molecule has 0 bridgehead atoms. The van der Waals surface area contributed by atoms with Crippen molar-refractivity contribution in [3.8, 4) is 5.75 Å². The normalized spacial score (nSPS) is 13.6. The van der Waals surface area contributed by atoms with Crippen LogP contribution in [0.1, 0.15) is 97.1 Å². The summed E-state index contributed by atoms with van der Waals surface area (Å²) in [6.45, 7) is 12.0. The SMILES string of the molecule is CCCCC(CC)Cc1c(N)ccc(OCC)c1CC(CC)CCCC. The van der Waals surface area contributed by atoms with Crippen LogP contribution in [-0.4, -0.2) is 6.61 Å². The topological polar surface area (TPSA) is 35.2 Å². The number of unbranched alkanes of at least 4 members (excludes halogenated alkanes) is 2. The number of hydrogen-bond acceptors (Lipinski definition) is 2. The molecule has 0 saturated heterocycles. The molecule has 2 atom stereocenters. The molecule has 0 spiro atoms. The Balaban J connectivity index is 3.13. The van der Waals surface area contributed by atoms with Crippen LogP contribution in [0.15, 0.2) is 12.1 Å². The Morgan fingerprint density at radius 1 is 0.808 bits per heavy atom. The molecule has 0 amide bonds. The molecule has 150 valence electrons. The summed E-state index contributed by atoms with van der Waals surface area (Å²) in [5, 5.41) is 0. The first kappa shape index (κ1) is 22.9. The summed E-state index contributed by atoms with van der Waals surface area (Å²) in [5.74, 6) is 2.52. The molecule has 2 nitrogen and oxygen atoms in total. The zero-order valence-electron chi connectivity index (χ0n) is 18.1. The van der Waals surface area contributed by atoms with Gasteiger partial charge in [0.2, 0.25) is 0 Å². The van der Waals surface area contributed by atoms with Crippen molar-refractivity contribution < 1.29 is 4.74 Å². The van der Waals surface area contributed by atoms with Crippen molar-refractivity contribution in [3.63, 3.8) is 0 Å². The zero-order chi connectivity index (χ0) is 19.4. The molecule has 1 aromatic carbocycles. The van der Waals surface area contributed by atoms with Crippen LogP contribution in [0, 0.1) is 11.8 Å². The number of ether oxygens (including phenoxy) is 1. The molecule has 1 rings (SSSR count). The van der Waals surface area contributed by atoms with Crippen LogP contribution >= 0.6 is 0 Å². The number of nitrogens with two attached hydrogens (primary N) is 1. The van der Waals surface area contributed by atoms with Gasteiger partial charge in [0.15, 0.2) is 0 Å². The highest BCUT2D eigenvalue weighted by Crippen LogP contribution is 2.34. The Labute approximate surface area is 162 Å². The molecule has 1 aromatic rings. The average Bonchev–Trinajstić information content (AvgIpc) is 2.65. The van der Waals surface area contributed by atoms with Gasteiger partial charge in [-0.15, -0.1) is 0 Å². The second-order valence-corrected chi connectivity index (χ2v) is 7.78. The van der Waals surface area contributed by atoms with E-state index in [9.17, 15) is 0 Å². The Morgan fingerprint density at radius 3 is 1.81 bits per heavy atom. The molecule has 26 heavy (non-hydrogen) atoms. The molecule has 0 aliphatic carbocycles. The van der Waals surface area contributed by atoms with Gasteiger partial charge in [-0.05, 0) is 54.9 Å². The Hall–Kier alpha value is -1.18. The highest BCUT2D eigenvalue weighted by atomic mass is 16.5. The molecule has 2 N–H and O–H groups in total. The highest BCUT2D eigenvalue weighted by Gasteiger charge is 2.19. The number of nitrogen functional groups attached to an aromatic ring is 1. The van der Waals surface area contributed by atoms with E-state index in [0.29, 0.717) is 0 Å². The van der Waals surface area contributed by atoms with Gasteiger partial charge in [0.05, 0.1) is 6.61 Å². The number of rotatable bonds is 14. The fourth-order valence-corrected chi connectivity index (χ4v) is 3.91. The van der Waals surface area contributed by atoms with Crippen LogP contribution < -0.4 is 10.5 Å². The summed E-state index contributed by atoms with van der Waals surface area (Å²) in [6, 6.07) is 4.15. The standard InChI is InChI=1S/C24H43NO/c1-6-11-13-19(8-3)17-21-22(18-20(9-4)14-12-7-2)24(26-10-5)16-15-23(21)25/h15-16,19-20H,6-14,17-18,25H2,1-5H3. The van der Waals surface area contributed by atoms with Gasteiger partial charge in [0.25, 0.3) is 0 Å². The first-order valence-corrected chi connectivity index (χ1v) is 11.1. The minimum absolute atomic E-state index is 0.717. The molecule has 0 aliphatic heterocycles. The summed E-state index contributed by atoms with van der Waals surface area (Å²) in [5.41, 5.74) is 10.2. The van der Waals surface area contributed by atoms with Gasteiger partial charge in [-0.1, -0.05) is 79.1 Å². The van der Waals surface area contributed by atoms with Gasteiger partial charge in [0, 0.05) is 5.69 Å². The lowest BCUT2D eigenvalue weighted by molar-refractivity contribution is 0.330. The van der Waals surface area contributed by atoms with Crippen molar-refractivity contribution in [2.24, 2.45) is 11.8 Å². The van der Waals surface area contributed by atoms with Crippen LogP contribution in [0.3, 0.4) is 0 Å². The van der Waals surface area contributed by atoms with Crippen LogP contribution in [0.25, 0.3) is 0 Å². The van der Waals surface area contributed by atoms with Crippen molar-refractivity contribution in [3.05, 3.63) is 23.3 Å². The predicted octanol–water partition coefficient (Wildman–Crippen LogP) is 7.19. The van der Waals surface area contributed by atoms with E-state index in [1.165, 1.54) is 62.5 Å². The molecular formula is C24H43NO. The van der Waals surface area contributed by atoms with Crippen molar-refractivity contribution >= 4 is 5.69 Å². The molecule has 0 radical (unpaired) electrons. The van der Waals surface area contributed by atoms with E-state index in [1.807, 2.05) is 0 Å². The minimum atomic E-state index is 0.717. The Morgan fingerprint density at radius 2 is 1.35 bits per heavy atom. The van der Waals surface area contributed by atoms with Gasteiger partial charge < -0.3 is 10.5 Å². The minimum Gasteiger partial charge on any atom is -0.494 e. The summed E-state index contributed by atoms with van der Waals surface area (Å²) in [6.07, 6.45) is 12.4. The molecule has 0 aliphatic rings. The van der Waals surface area contributed by atoms with Gasteiger partial charge in [0.1, 0.15) is 5.75 Å². The van der Waals surface area contributed by atoms with Crippen molar-refractivity contribution in [2.75, 3.05) is 12.3 Å². The third-order valence-corrected chi connectivity index (χ3v) is 5.80. The van der Waals surface area contributed by atoms with E-state index in [2.05, 4.69) is 46.8 Å². The maximum atomic E-state index is 6.48. The van der Waals surface area contributed by atoms with E-state index in [4.69, 9.17) is 10.5 Å². The van der Waals surface area contributed by atoms with Crippen molar-refractivity contribution in [1.29, 1.82) is 0 Å². The Kier molecular flexibility index (Phi) is 11.5. The number of hydrogen-bond donors (Lipinski definition) is 1. The summed E-state index contributed by atoms with van der Waals surface area (Å²) in [7, 11) is 0. The van der Waals surface area contributed by atoms with Gasteiger partial charge in [-0.3, -0.25) is 0 Å². The van der Waals surface area contributed by atoms with E-state index in [0.717, 1.165) is 42.7 Å². The smallest absolute Gasteiger partial charge is 0.122 e. The maximum Gasteiger partial charge on any atom is 0.122 e. The second-order valence-electron chi connectivity index (χ2n) is 7.78. The molecular weight excluding hydrogens is 318 g/mol. The number of benzene rings is 1. The largest absolute Gasteiger partial charge is 0.494 e. The lowest BCUT2D eigenvalue weighted by atomic mass is 9.84. The first-order chi connectivity index (χ1) is 12.6. The van der Waals surface area contributed by atoms with Crippen LogP contribution in [0.5, 0.6) is 5.75 Å². The van der Waals surface area contributed by atoms with Crippen LogP contribution in [-0.2, 0) is 12.8 Å².